The first-order valence-electron chi connectivity index (χ1n) is 2.70. The molecule has 1 aromatic rings. The van der Waals surface area contributed by atoms with Gasteiger partial charge >= 0.3 is 0 Å². The Bertz CT molecular complexity index is 330. The third kappa shape index (κ3) is 1.96. The molecule has 0 atom stereocenters. The second-order valence-electron chi connectivity index (χ2n) is 1.86. The summed E-state index contributed by atoms with van der Waals surface area (Å²) in [5.74, 6) is 0. The Morgan fingerprint density at radius 1 is 1.27 bits per heavy atom. The predicted molar refractivity (Wildman–Crippen MR) is 51.6 cm³/mol. The van der Waals surface area contributed by atoms with Crippen LogP contribution in [0.15, 0.2) is 21.1 Å². The average Bonchev–Trinajstić information content (AvgIpc) is 1.97. The SMILES string of the molecule is N#Cc1cc(Br)c(Cl)cc1Br. The minimum Gasteiger partial charge on any atom is -0.192 e. The molecular formula is C7H2Br2ClN. The van der Waals surface area contributed by atoms with Gasteiger partial charge in [-0.3, -0.25) is 0 Å². The molecule has 0 radical (unpaired) electrons. The first-order valence-corrected chi connectivity index (χ1v) is 4.66. The van der Waals surface area contributed by atoms with Crippen LogP contribution in [0.5, 0.6) is 0 Å². The molecule has 0 saturated carbocycles. The van der Waals surface area contributed by atoms with Gasteiger partial charge in [0.05, 0.1) is 10.6 Å². The molecular weight excluding hydrogens is 293 g/mol. The van der Waals surface area contributed by atoms with Crippen LogP contribution in [-0.4, -0.2) is 0 Å². The zero-order valence-electron chi connectivity index (χ0n) is 5.24. The van der Waals surface area contributed by atoms with Crippen LogP contribution in [0.1, 0.15) is 5.56 Å². The molecule has 0 spiro atoms. The lowest BCUT2D eigenvalue weighted by Gasteiger charge is -1.97. The molecule has 1 aromatic carbocycles. The van der Waals surface area contributed by atoms with Crippen molar-refractivity contribution < 1.29 is 0 Å². The van der Waals surface area contributed by atoms with E-state index < -0.39 is 0 Å². The second-order valence-corrected chi connectivity index (χ2v) is 3.97. The van der Waals surface area contributed by atoms with E-state index >= 15 is 0 Å². The Labute approximate surface area is 86.2 Å². The Kier molecular flexibility index (Phi) is 2.94. The third-order valence-electron chi connectivity index (χ3n) is 1.13. The topological polar surface area (TPSA) is 23.8 Å². The van der Waals surface area contributed by atoms with Crippen molar-refractivity contribution in [3.05, 3.63) is 31.7 Å². The van der Waals surface area contributed by atoms with E-state index in [1.807, 2.05) is 6.07 Å². The molecule has 4 heteroatoms. The zero-order chi connectivity index (χ0) is 8.43. The van der Waals surface area contributed by atoms with Gasteiger partial charge in [-0.2, -0.15) is 5.26 Å². The smallest absolute Gasteiger partial charge is 0.100 e. The maximum absolute atomic E-state index is 8.59. The van der Waals surface area contributed by atoms with Crippen LogP contribution >= 0.6 is 43.5 Å². The van der Waals surface area contributed by atoms with Gasteiger partial charge in [-0.15, -0.1) is 0 Å². The van der Waals surface area contributed by atoms with E-state index in [-0.39, 0.29) is 0 Å². The van der Waals surface area contributed by atoms with Gasteiger partial charge in [0.15, 0.2) is 0 Å². The van der Waals surface area contributed by atoms with Crippen LogP contribution in [-0.2, 0) is 0 Å². The van der Waals surface area contributed by atoms with Crippen molar-refractivity contribution in [2.45, 2.75) is 0 Å². The normalized spacial score (nSPS) is 9.27. The molecule has 0 aliphatic carbocycles. The van der Waals surface area contributed by atoms with E-state index in [0.29, 0.717) is 15.1 Å². The molecule has 1 nitrogen and oxygen atoms in total. The zero-order valence-corrected chi connectivity index (χ0v) is 9.16. The van der Waals surface area contributed by atoms with E-state index in [0.717, 1.165) is 4.47 Å². The first kappa shape index (κ1) is 9.05. The Balaban J connectivity index is 3.35. The highest BCUT2D eigenvalue weighted by Crippen LogP contribution is 2.28. The van der Waals surface area contributed by atoms with E-state index in [1.54, 1.807) is 12.1 Å². The summed E-state index contributed by atoms with van der Waals surface area (Å²) in [6.45, 7) is 0. The van der Waals surface area contributed by atoms with Crippen molar-refractivity contribution in [1.82, 2.24) is 0 Å². The molecule has 0 unspecified atom stereocenters. The molecule has 0 heterocycles. The predicted octanol–water partition coefficient (Wildman–Crippen LogP) is 3.74. The minimum atomic E-state index is 0.571. The summed E-state index contributed by atoms with van der Waals surface area (Å²) < 4.78 is 1.45. The summed E-state index contributed by atoms with van der Waals surface area (Å²) in [5.41, 5.74) is 0.571. The molecule has 0 fully saturated rings. The molecule has 0 aliphatic heterocycles. The first-order chi connectivity index (χ1) is 5.15. The second kappa shape index (κ2) is 3.57. The summed E-state index contributed by atoms with van der Waals surface area (Å²) in [5, 5.41) is 9.18. The summed E-state index contributed by atoms with van der Waals surface area (Å²) in [6.07, 6.45) is 0. The summed E-state index contributed by atoms with van der Waals surface area (Å²) in [4.78, 5) is 0. The van der Waals surface area contributed by atoms with Crippen LogP contribution < -0.4 is 0 Å². The number of rotatable bonds is 0. The number of nitrogens with zero attached hydrogens (tertiary/aromatic N) is 1. The quantitative estimate of drug-likeness (QED) is 0.669. The Hall–Kier alpha value is -0.0400. The summed E-state index contributed by atoms with van der Waals surface area (Å²) in [7, 11) is 0. The molecule has 11 heavy (non-hydrogen) atoms. The van der Waals surface area contributed by atoms with Crippen LogP contribution in [0.25, 0.3) is 0 Å². The highest BCUT2D eigenvalue weighted by Gasteiger charge is 2.03. The van der Waals surface area contributed by atoms with Crippen molar-refractivity contribution in [3.8, 4) is 6.07 Å². The number of hydrogen-bond acceptors (Lipinski definition) is 1. The van der Waals surface area contributed by atoms with Crippen LogP contribution in [0.4, 0.5) is 0 Å². The van der Waals surface area contributed by atoms with Gasteiger partial charge in [-0.05, 0) is 44.0 Å². The van der Waals surface area contributed by atoms with E-state index in [4.69, 9.17) is 16.9 Å². The maximum atomic E-state index is 8.59. The van der Waals surface area contributed by atoms with Crippen LogP contribution in [0.3, 0.4) is 0 Å². The molecule has 0 N–H and O–H groups in total. The van der Waals surface area contributed by atoms with Gasteiger partial charge in [0.1, 0.15) is 6.07 Å². The van der Waals surface area contributed by atoms with Crippen molar-refractivity contribution >= 4 is 43.5 Å². The number of halogens is 3. The molecule has 0 bridgehead atoms. The summed E-state index contributed by atoms with van der Waals surface area (Å²) in [6, 6.07) is 5.39. The van der Waals surface area contributed by atoms with E-state index in [2.05, 4.69) is 31.9 Å². The monoisotopic (exact) mass is 293 g/mol. The number of hydrogen-bond donors (Lipinski definition) is 0. The van der Waals surface area contributed by atoms with Gasteiger partial charge < -0.3 is 0 Å². The van der Waals surface area contributed by atoms with Crippen molar-refractivity contribution in [2.75, 3.05) is 0 Å². The number of benzene rings is 1. The lowest BCUT2D eigenvalue weighted by Crippen LogP contribution is -1.78. The molecule has 0 amide bonds. The third-order valence-corrected chi connectivity index (χ3v) is 2.98. The standard InChI is InChI=1S/C7H2Br2ClN/c8-5-2-7(10)6(9)1-4(5)3-11/h1-2H. The van der Waals surface area contributed by atoms with E-state index in [1.165, 1.54) is 0 Å². The van der Waals surface area contributed by atoms with Crippen molar-refractivity contribution in [2.24, 2.45) is 0 Å². The molecule has 1 rings (SSSR count). The van der Waals surface area contributed by atoms with Crippen molar-refractivity contribution in [1.29, 1.82) is 5.26 Å². The lowest BCUT2D eigenvalue weighted by atomic mass is 10.2. The van der Waals surface area contributed by atoms with Gasteiger partial charge in [0.2, 0.25) is 0 Å². The fraction of sp³-hybridized carbons (Fsp3) is 0. The fourth-order valence-electron chi connectivity index (χ4n) is 0.608. The molecule has 56 valence electrons. The average molecular weight is 295 g/mol. The van der Waals surface area contributed by atoms with Gasteiger partial charge in [-0.25, -0.2) is 0 Å². The Morgan fingerprint density at radius 2 is 1.91 bits per heavy atom. The fourth-order valence-corrected chi connectivity index (χ4v) is 1.68. The van der Waals surface area contributed by atoms with Crippen LogP contribution in [0.2, 0.25) is 5.02 Å². The van der Waals surface area contributed by atoms with Gasteiger partial charge in [0, 0.05) is 8.95 Å². The highest BCUT2D eigenvalue weighted by molar-refractivity contribution is 9.11. The summed E-state index contributed by atoms with van der Waals surface area (Å²) >= 11 is 12.2. The van der Waals surface area contributed by atoms with E-state index in [9.17, 15) is 0 Å². The highest BCUT2D eigenvalue weighted by atomic mass is 79.9. The van der Waals surface area contributed by atoms with Gasteiger partial charge in [-0.1, -0.05) is 11.6 Å². The van der Waals surface area contributed by atoms with Crippen molar-refractivity contribution in [3.63, 3.8) is 0 Å². The minimum absolute atomic E-state index is 0.571. The molecule has 0 aromatic heterocycles. The maximum Gasteiger partial charge on any atom is 0.100 e. The number of nitriles is 1. The Morgan fingerprint density at radius 3 is 2.45 bits per heavy atom. The van der Waals surface area contributed by atoms with Gasteiger partial charge in [0.25, 0.3) is 0 Å². The molecule has 0 saturated heterocycles. The lowest BCUT2D eigenvalue weighted by molar-refractivity contribution is 1.45. The largest absolute Gasteiger partial charge is 0.192 e. The molecule has 0 aliphatic rings. The van der Waals surface area contributed by atoms with Crippen LogP contribution in [0, 0.1) is 11.3 Å².